The van der Waals surface area contributed by atoms with Crippen molar-refractivity contribution < 1.29 is 9.18 Å². The van der Waals surface area contributed by atoms with Gasteiger partial charge in [0.2, 0.25) is 0 Å². The minimum absolute atomic E-state index is 0.0361. The minimum atomic E-state index is -0.367. The van der Waals surface area contributed by atoms with Gasteiger partial charge in [0.25, 0.3) is 0 Å². The van der Waals surface area contributed by atoms with E-state index in [-0.39, 0.29) is 17.9 Å². The van der Waals surface area contributed by atoms with E-state index in [1.807, 2.05) is 35.7 Å². The largest absolute Gasteiger partial charge is 0.322 e. The monoisotopic (exact) mass is 367 g/mol. The smallest absolute Gasteiger partial charge is 0.315 e. The Bertz CT molecular complexity index is 912. The molecule has 0 bridgehead atoms. The zero-order valence-corrected chi connectivity index (χ0v) is 14.9. The lowest BCUT2D eigenvalue weighted by Crippen LogP contribution is -2.34. The van der Waals surface area contributed by atoms with Crippen LogP contribution >= 0.6 is 11.3 Å². The zero-order valence-electron chi connectivity index (χ0n) is 14.1. The number of nitrogens with one attached hydrogen (secondary N) is 1. The second-order valence-electron chi connectivity index (χ2n) is 6.23. The third-order valence-corrected chi connectivity index (χ3v) is 5.41. The van der Waals surface area contributed by atoms with E-state index in [9.17, 15) is 9.18 Å². The number of urea groups is 1. The third-order valence-electron chi connectivity index (χ3n) is 4.47. The highest BCUT2D eigenvalue weighted by Gasteiger charge is 2.32. The molecular formula is C20H18FN3OS. The van der Waals surface area contributed by atoms with Crippen molar-refractivity contribution in [1.29, 1.82) is 0 Å². The van der Waals surface area contributed by atoms with Crippen LogP contribution in [0.2, 0.25) is 0 Å². The van der Waals surface area contributed by atoms with Gasteiger partial charge >= 0.3 is 6.03 Å². The van der Waals surface area contributed by atoms with Gasteiger partial charge in [-0.2, -0.15) is 0 Å². The van der Waals surface area contributed by atoms with Crippen LogP contribution in [-0.2, 0) is 0 Å². The number of carbonyl (C=O) groups excluding carboxylic acids is 1. The van der Waals surface area contributed by atoms with Gasteiger partial charge in [0.05, 0.1) is 11.7 Å². The fourth-order valence-electron chi connectivity index (χ4n) is 3.21. The Hall–Kier alpha value is -2.73. The first kappa shape index (κ1) is 16.7. The molecule has 6 heteroatoms. The third kappa shape index (κ3) is 3.46. The van der Waals surface area contributed by atoms with Crippen LogP contribution in [0.3, 0.4) is 0 Å². The molecule has 1 aliphatic rings. The molecule has 0 unspecified atom stereocenters. The first-order valence-corrected chi connectivity index (χ1v) is 9.43. The van der Waals surface area contributed by atoms with Crippen molar-refractivity contribution in [3.63, 3.8) is 0 Å². The molecule has 0 aliphatic carbocycles. The maximum absolute atomic E-state index is 13.3. The molecule has 1 N–H and O–H groups in total. The number of nitrogens with zero attached hydrogens (tertiary/aromatic N) is 2. The lowest BCUT2D eigenvalue weighted by Gasteiger charge is -2.23. The molecule has 3 aromatic rings. The summed E-state index contributed by atoms with van der Waals surface area (Å²) in [6.07, 6.45) is 1.82. The summed E-state index contributed by atoms with van der Waals surface area (Å²) in [4.78, 5) is 19.2. The molecule has 0 radical (unpaired) electrons. The van der Waals surface area contributed by atoms with Crippen LogP contribution in [0.4, 0.5) is 14.9 Å². The molecule has 2 aromatic carbocycles. The molecular weight excluding hydrogens is 349 g/mol. The van der Waals surface area contributed by atoms with E-state index in [0.29, 0.717) is 12.2 Å². The van der Waals surface area contributed by atoms with E-state index >= 15 is 0 Å². The summed E-state index contributed by atoms with van der Waals surface area (Å²) >= 11 is 1.58. The lowest BCUT2D eigenvalue weighted by atomic mass is 10.2. The second kappa shape index (κ2) is 7.25. The highest BCUT2D eigenvalue weighted by atomic mass is 32.1. The lowest BCUT2D eigenvalue weighted by molar-refractivity contribution is 0.207. The molecule has 132 valence electrons. The number of rotatable bonds is 3. The van der Waals surface area contributed by atoms with Gasteiger partial charge in [0.1, 0.15) is 10.8 Å². The average molecular weight is 367 g/mol. The Morgan fingerprint density at radius 3 is 2.85 bits per heavy atom. The highest BCUT2D eigenvalue weighted by molar-refractivity contribution is 7.10. The van der Waals surface area contributed by atoms with Gasteiger partial charge in [0, 0.05) is 23.2 Å². The van der Waals surface area contributed by atoms with Gasteiger partial charge in [-0.15, -0.1) is 11.3 Å². The summed E-state index contributed by atoms with van der Waals surface area (Å²) < 4.78 is 13.3. The number of likely N-dealkylation sites (tertiary alicyclic amines) is 1. The summed E-state index contributed by atoms with van der Waals surface area (Å²) in [5.41, 5.74) is 2.47. The average Bonchev–Trinajstić information content (AvgIpc) is 3.32. The van der Waals surface area contributed by atoms with Crippen molar-refractivity contribution in [3.05, 3.63) is 70.8 Å². The number of thiazole rings is 1. The van der Waals surface area contributed by atoms with Gasteiger partial charge in [-0.05, 0) is 31.0 Å². The van der Waals surface area contributed by atoms with Crippen LogP contribution in [0, 0.1) is 5.82 Å². The number of halogens is 1. The molecule has 1 aliphatic heterocycles. The fourth-order valence-corrected chi connectivity index (χ4v) is 4.18. The van der Waals surface area contributed by atoms with Gasteiger partial charge in [-0.3, -0.25) is 0 Å². The molecule has 2 heterocycles. The number of amides is 2. The molecule has 1 saturated heterocycles. The van der Waals surface area contributed by atoms with E-state index < -0.39 is 0 Å². The Kier molecular flexibility index (Phi) is 4.67. The number of aromatic nitrogens is 1. The number of hydrogen-bond acceptors (Lipinski definition) is 3. The fraction of sp³-hybridized carbons (Fsp3) is 0.200. The topological polar surface area (TPSA) is 45.2 Å². The molecule has 0 spiro atoms. The van der Waals surface area contributed by atoms with E-state index in [2.05, 4.69) is 5.32 Å². The van der Waals surface area contributed by atoms with E-state index in [1.165, 1.54) is 12.1 Å². The van der Waals surface area contributed by atoms with Crippen LogP contribution in [0.25, 0.3) is 11.3 Å². The van der Waals surface area contributed by atoms with E-state index in [0.717, 1.165) is 29.1 Å². The highest BCUT2D eigenvalue weighted by Crippen LogP contribution is 2.35. The second-order valence-corrected chi connectivity index (χ2v) is 7.12. The summed E-state index contributed by atoms with van der Waals surface area (Å²) in [5, 5.41) is 5.76. The first-order chi connectivity index (χ1) is 12.7. The minimum Gasteiger partial charge on any atom is -0.315 e. The quantitative estimate of drug-likeness (QED) is 0.681. The standard InChI is InChI=1S/C20H18FN3OS/c21-15-8-4-9-16(12-15)22-20(25)24-11-5-10-18(24)19-23-17(13-26-19)14-6-2-1-3-7-14/h1-4,6-9,12-13,18H,5,10-11H2,(H,22,25)/t18-/m0/s1. The van der Waals surface area contributed by atoms with Gasteiger partial charge in [-0.1, -0.05) is 36.4 Å². The molecule has 1 fully saturated rings. The maximum atomic E-state index is 13.3. The van der Waals surface area contributed by atoms with Gasteiger partial charge in [-0.25, -0.2) is 14.2 Å². The van der Waals surface area contributed by atoms with Crippen molar-refractivity contribution >= 4 is 23.1 Å². The Morgan fingerprint density at radius 1 is 1.19 bits per heavy atom. The Labute approximate surface area is 155 Å². The molecule has 2 amide bonds. The first-order valence-electron chi connectivity index (χ1n) is 8.55. The van der Waals surface area contributed by atoms with E-state index in [1.54, 1.807) is 28.4 Å². The summed E-state index contributed by atoms with van der Waals surface area (Å²) in [5.74, 6) is -0.367. The van der Waals surface area contributed by atoms with E-state index in [4.69, 9.17) is 4.98 Å². The van der Waals surface area contributed by atoms with Crippen LogP contribution in [-0.4, -0.2) is 22.5 Å². The van der Waals surface area contributed by atoms with Crippen molar-refractivity contribution in [3.8, 4) is 11.3 Å². The molecule has 4 nitrogen and oxygen atoms in total. The van der Waals surface area contributed by atoms with Gasteiger partial charge < -0.3 is 10.2 Å². The number of benzene rings is 2. The van der Waals surface area contributed by atoms with Crippen LogP contribution in [0.5, 0.6) is 0 Å². The molecule has 0 saturated carbocycles. The molecule has 1 atom stereocenters. The van der Waals surface area contributed by atoms with Gasteiger partial charge in [0.15, 0.2) is 0 Å². The van der Waals surface area contributed by atoms with Crippen molar-refractivity contribution in [2.75, 3.05) is 11.9 Å². The van der Waals surface area contributed by atoms with Crippen LogP contribution < -0.4 is 5.32 Å². The predicted octanol–water partition coefficient (Wildman–Crippen LogP) is 5.32. The molecule has 4 rings (SSSR count). The normalized spacial score (nSPS) is 16.7. The predicted molar refractivity (Wildman–Crippen MR) is 102 cm³/mol. The Morgan fingerprint density at radius 2 is 2.04 bits per heavy atom. The SMILES string of the molecule is O=C(Nc1cccc(F)c1)N1CCC[C@H]1c1nc(-c2ccccc2)cs1. The van der Waals surface area contributed by atoms with Crippen molar-refractivity contribution in [2.24, 2.45) is 0 Å². The molecule has 26 heavy (non-hydrogen) atoms. The summed E-state index contributed by atoms with van der Waals surface area (Å²) in [6, 6.07) is 15.7. The van der Waals surface area contributed by atoms with Crippen molar-refractivity contribution in [2.45, 2.75) is 18.9 Å². The number of anilines is 1. The number of carbonyl (C=O) groups is 1. The van der Waals surface area contributed by atoms with Crippen LogP contribution in [0.1, 0.15) is 23.9 Å². The summed E-state index contributed by atoms with van der Waals surface area (Å²) in [6.45, 7) is 0.673. The maximum Gasteiger partial charge on any atom is 0.322 e. The molecule has 1 aromatic heterocycles. The Balaban J connectivity index is 1.51. The number of hydrogen-bond donors (Lipinski definition) is 1. The zero-order chi connectivity index (χ0) is 17.9. The van der Waals surface area contributed by atoms with Crippen molar-refractivity contribution in [1.82, 2.24) is 9.88 Å². The van der Waals surface area contributed by atoms with Crippen LogP contribution in [0.15, 0.2) is 60.0 Å². The summed E-state index contributed by atoms with van der Waals surface area (Å²) in [7, 11) is 0.